The Kier molecular flexibility index (Phi) is 2.89. The van der Waals surface area contributed by atoms with Gasteiger partial charge in [-0.1, -0.05) is 0 Å². The van der Waals surface area contributed by atoms with Crippen LogP contribution in [0, 0.1) is 0 Å². The SMILES string of the molecule is CC(C)N1C(=O)N(C)C2(CCN(C)CC2)C1=O. The van der Waals surface area contributed by atoms with Crippen molar-refractivity contribution in [1.29, 1.82) is 0 Å². The molecule has 2 heterocycles. The second kappa shape index (κ2) is 3.98. The van der Waals surface area contributed by atoms with Gasteiger partial charge in [0.1, 0.15) is 5.54 Å². The summed E-state index contributed by atoms with van der Waals surface area (Å²) in [6.07, 6.45) is 1.49. The average molecular weight is 239 g/mol. The van der Waals surface area contributed by atoms with Gasteiger partial charge in [0, 0.05) is 26.2 Å². The van der Waals surface area contributed by atoms with E-state index in [0.717, 1.165) is 25.9 Å². The Morgan fingerprint density at radius 1 is 1.12 bits per heavy atom. The normalized spacial score (nSPS) is 25.5. The summed E-state index contributed by atoms with van der Waals surface area (Å²) in [5.74, 6) is -0.00639. The van der Waals surface area contributed by atoms with Gasteiger partial charge in [-0.3, -0.25) is 9.69 Å². The molecule has 1 spiro atoms. The summed E-state index contributed by atoms with van der Waals surface area (Å²) in [5.41, 5.74) is -0.576. The van der Waals surface area contributed by atoms with Crippen LogP contribution < -0.4 is 0 Å². The number of imide groups is 1. The molecular weight excluding hydrogens is 218 g/mol. The van der Waals surface area contributed by atoms with Gasteiger partial charge in [-0.15, -0.1) is 0 Å². The van der Waals surface area contributed by atoms with Crippen LogP contribution in [0.2, 0.25) is 0 Å². The van der Waals surface area contributed by atoms with Crippen LogP contribution in [0.25, 0.3) is 0 Å². The maximum absolute atomic E-state index is 12.5. The smallest absolute Gasteiger partial charge is 0.312 e. The third-order valence-electron chi connectivity index (χ3n) is 4.08. The van der Waals surface area contributed by atoms with Gasteiger partial charge in [0.15, 0.2) is 0 Å². The van der Waals surface area contributed by atoms with Crippen molar-refractivity contribution in [2.45, 2.75) is 38.3 Å². The number of urea groups is 1. The highest BCUT2D eigenvalue weighted by molar-refractivity contribution is 6.07. The molecule has 2 saturated heterocycles. The molecule has 0 radical (unpaired) electrons. The summed E-state index contributed by atoms with van der Waals surface area (Å²) < 4.78 is 0. The molecule has 2 aliphatic heterocycles. The molecule has 5 heteroatoms. The van der Waals surface area contributed by atoms with Gasteiger partial charge < -0.3 is 9.80 Å². The minimum absolute atomic E-state index is 0.00639. The second-order valence-corrected chi connectivity index (χ2v) is 5.45. The Morgan fingerprint density at radius 3 is 2.06 bits per heavy atom. The number of carbonyl (C=O) groups is 2. The van der Waals surface area contributed by atoms with E-state index in [1.807, 2.05) is 20.9 Å². The van der Waals surface area contributed by atoms with Gasteiger partial charge in [0.05, 0.1) is 0 Å². The molecule has 0 unspecified atom stereocenters. The zero-order valence-electron chi connectivity index (χ0n) is 11.1. The van der Waals surface area contributed by atoms with Gasteiger partial charge in [-0.05, 0) is 33.7 Å². The van der Waals surface area contributed by atoms with E-state index in [1.54, 1.807) is 11.9 Å². The number of amides is 3. The fraction of sp³-hybridized carbons (Fsp3) is 0.833. The van der Waals surface area contributed by atoms with Crippen molar-refractivity contribution in [3.8, 4) is 0 Å². The number of likely N-dealkylation sites (tertiary alicyclic amines) is 1. The predicted octanol–water partition coefficient (Wildman–Crippen LogP) is 0.753. The summed E-state index contributed by atoms with van der Waals surface area (Å²) in [6.45, 7) is 5.51. The van der Waals surface area contributed by atoms with E-state index in [4.69, 9.17) is 0 Å². The van der Waals surface area contributed by atoms with Crippen molar-refractivity contribution < 1.29 is 9.59 Å². The number of carbonyl (C=O) groups excluding carboxylic acids is 2. The van der Waals surface area contributed by atoms with Gasteiger partial charge in [-0.25, -0.2) is 4.79 Å². The Hall–Kier alpha value is -1.10. The third kappa shape index (κ3) is 1.64. The monoisotopic (exact) mass is 239 g/mol. The molecule has 3 amide bonds. The van der Waals surface area contributed by atoms with Crippen molar-refractivity contribution in [1.82, 2.24) is 14.7 Å². The molecule has 0 bridgehead atoms. The number of piperidine rings is 1. The number of likely N-dealkylation sites (N-methyl/N-ethyl adjacent to an activating group) is 1. The third-order valence-corrected chi connectivity index (χ3v) is 4.08. The van der Waals surface area contributed by atoms with Crippen LogP contribution in [0.5, 0.6) is 0 Å². The van der Waals surface area contributed by atoms with Crippen LogP contribution in [0.15, 0.2) is 0 Å². The fourth-order valence-electron chi connectivity index (χ4n) is 2.79. The summed E-state index contributed by atoms with van der Waals surface area (Å²) in [7, 11) is 3.81. The summed E-state index contributed by atoms with van der Waals surface area (Å²) in [6, 6.07) is -0.203. The quantitative estimate of drug-likeness (QED) is 0.634. The molecule has 17 heavy (non-hydrogen) atoms. The van der Waals surface area contributed by atoms with Crippen LogP contribution in [0.4, 0.5) is 4.79 Å². The van der Waals surface area contributed by atoms with E-state index in [9.17, 15) is 9.59 Å². The standard InChI is InChI=1S/C12H21N3O2/c1-9(2)15-10(16)12(14(4)11(15)17)5-7-13(3)8-6-12/h9H,5-8H2,1-4H3. The number of rotatable bonds is 1. The van der Waals surface area contributed by atoms with E-state index < -0.39 is 5.54 Å². The Balaban J connectivity index is 2.30. The van der Waals surface area contributed by atoms with E-state index in [-0.39, 0.29) is 18.0 Å². The molecule has 0 aromatic rings. The molecule has 0 aromatic carbocycles. The minimum Gasteiger partial charge on any atom is -0.312 e. The molecule has 0 aliphatic carbocycles. The van der Waals surface area contributed by atoms with Gasteiger partial charge >= 0.3 is 6.03 Å². The number of hydrogen-bond acceptors (Lipinski definition) is 3. The van der Waals surface area contributed by atoms with E-state index >= 15 is 0 Å². The highest BCUT2D eigenvalue weighted by atomic mass is 16.2. The van der Waals surface area contributed by atoms with Crippen LogP contribution in [-0.2, 0) is 4.79 Å². The van der Waals surface area contributed by atoms with Crippen LogP contribution in [-0.4, -0.2) is 65.4 Å². The fourth-order valence-corrected chi connectivity index (χ4v) is 2.79. The Labute approximate surface area is 102 Å². The molecule has 5 nitrogen and oxygen atoms in total. The maximum atomic E-state index is 12.5. The lowest BCUT2D eigenvalue weighted by Crippen LogP contribution is -2.54. The van der Waals surface area contributed by atoms with Crippen LogP contribution in [0.3, 0.4) is 0 Å². The Morgan fingerprint density at radius 2 is 1.65 bits per heavy atom. The molecule has 0 atom stereocenters. The summed E-state index contributed by atoms with van der Waals surface area (Å²) in [5, 5.41) is 0. The molecular formula is C12H21N3O2. The topological polar surface area (TPSA) is 43.9 Å². The van der Waals surface area contributed by atoms with E-state index in [1.165, 1.54) is 4.90 Å². The first-order valence-corrected chi connectivity index (χ1v) is 6.20. The number of nitrogens with zero attached hydrogens (tertiary/aromatic N) is 3. The van der Waals surface area contributed by atoms with Gasteiger partial charge in [0.25, 0.3) is 5.91 Å². The molecule has 96 valence electrons. The van der Waals surface area contributed by atoms with Crippen molar-refractivity contribution in [3.63, 3.8) is 0 Å². The summed E-state index contributed by atoms with van der Waals surface area (Å²) >= 11 is 0. The second-order valence-electron chi connectivity index (χ2n) is 5.45. The maximum Gasteiger partial charge on any atom is 0.327 e. The van der Waals surface area contributed by atoms with Crippen molar-refractivity contribution >= 4 is 11.9 Å². The Bertz CT molecular complexity index is 346. The minimum atomic E-state index is -0.576. The molecule has 0 saturated carbocycles. The van der Waals surface area contributed by atoms with Crippen molar-refractivity contribution in [2.24, 2.45) is 0 Å². The first-order chi connectivity index (χ1) is 7.90. The van der Waals surface area contributed by atoms with Gasteiger partial charge in [-0.2, -0.15) is 0 Å². The molecule has 2 fully saturated rings. The van der Waals surface area contributed by atoms with E-state index in [0.29, 0.717) is 0 Å². The molecule has 2 rings (SSSR count). The average Bonchev–Trinajstić information content (AvgIpc) is 2.45. The molecule has 0 aromatic heterocycles. The predicted molar refractivity (Wildman–Crippen MR) is 64.6 cm³/mol. The van der Waals surface area contributed by atoms with E-state index in [2.05, 4.69) is 4.90 Å². The zero-order valence-corrected chi connectivity index (χ0v) is 11.1. The first kappa shape index (κ1) is 12.4. The van der Waals surface area contributed by atoms with Gasteiger partial charge in [0.2, 0.25) is 0 Å². The molecule has 0 N–H and O–H groups in total. The lowest BCUT2D eigenvalue weighted by atomic mass is 9.86. The lowest BCUT2D eigenvalue weighted by molar-refractivity contribution is -0.136. The summed E-state index contributed by atoms with van der Waals surface area (Å²) in [4.78, 5) is 29.9. The molecule has 2 aliphatic rings. The first-order valence-electron chi connectivity index (χ1n) is 6.20. The number of hydrogen-bond donors (Lipinski definition) is 0. The van der Waals surface area contributed by atoms with Crippen LogP contribution >= 0.6 is 0 Å². The van der Waals surface area contributed by atoms with Crippen LogP contribution in [0.1, 0.15) is 26.7 Å². The highest BCUT2D eigenvalue weighted by Crippen LogP contribution is 2.36. The zero-order chi connectivity index (χ0) is 12.8. The highest BCUT2D eigenvalue weighted by Gasteiger charge is 2.56. The lowest BCUT2D eigenvalue weighted by Gasteiger charge is -2.39. The largest absolute Gasteiger partial charge is 0.327 e. The van der Waals surface area contributed by atoms with Crippen molar-refractivity contribution in [2.75, 3.05) is 27.2 Å². The van der Waals surface area contributed by atoms with Crippen molar-refractivity contribution in [3.05, 3.63) is 0 Å².